The van der Waals surface area contributed by atoms with Crippen LogP contribution in [0.5, 0.6) is 0 Å². The van der Waals surface area contributed by atoms with Gasteiger partial charge in [-0.2, -0.15) is 0 Å². The lowest BCUT2D eigenvalue weighted by Crippen LogP contribution is -2.24. The first-order valence-electron chi connectivity index (χ1n) is 7.81. The second-order valence-electron chi connectivity index (χ2n) is 5.51. The lowest BCUT2D eigenvalue weighted by atomic mass is 10.1. The van der Waals surface area contributed by atoms with Crippen LogP contribution in [-0.2, 0) is 25.1 Å². The molecule has 2 aromatic carbocycles. The molecule has 0 heterocycles. The van der Waals surface area contributed by atoms with Crippen LogP contribution in [0.3, 0.4) is 0 Å². The maximum Gasteiger partial charge on any atom is 0.338 e. The fraction of sp³-hybridized carbons (Fsp3) is 0.222. The van der Waals surface area contributed by atoms with Crippen LogP contribution < -0.4 is 5.32 Å². The number of anilines is 1. The van der Waals surface area contributed by atoms with Crippen LogP contribution in [0.2, 0.25) is 5.02 Å². The van der Waals surface area contributed by atoms with E-state index >= 15 is 0 Å². The molecule has 0 aliphatic heterocycles. The van der Waals surface area contributed by atoms with E-state index in [0.29, 0.717) is 16.3 Å². The third-order valence-corrected chi connectivity index (χ3v) is 5.03. The number of ether oxygens (including phenoxy) is 1. The first kappa shape index (κ1) is 19.9. The molecule has 6 nitrogen and oxygen atoms in total. The van der Waals surface area contributed by atoms with Gasteiger partial charge in [0.25, 0.3) is 0 Å². The molecule has 2 rings (SSSR count). The smallest absolute Gasteiger partial charge is 0.338 e. The third-order valence-electron chi connectivity index (χ3n) is 3.30. The monoisotopic (exact) mass is 395 g/mol. The number of carbonyl (C=O) groups is 2. The zero-order valence-electron chi connectivity index (χ0n) is 14.1. The maximum atomic E-state index is 12.3. The number of amides is 1. The minimum absolute atomic E-state index is 0.228. The number of hydrogen-bond donors (Lipinski definition) is 1. The Kier molecular flexibility index (Phi) is 6.76. The van der Waals surface area contributed by atoms with E-state index < -0.39 is 27.5 Å². The third kappa shape index (κ3) is 6.16. The van der Waals surface area contributed by atoms with Crippen molar-refractivity contribution in [3.8, 4) is 0 Å². The summed E-state index contributed by atoms with van der Waals surface area (Å²) in [6.07, 6.45) is 0. The van der Waals surface area contributed by atoms with E-state index in [2.05, 4.69) is 5.32 Å². The zero-order valence-corrected chi connectivity index (χ0v) is 15.6. The summed E-state index contributed by atoms with van der Waals surface area (Å²) in [5, 5.41) is 3.02. The van der Waals surface area contributed by atoms with Crippen molar-refractivity contribution in [1.82, 2.24) is 0 Å². The minimum Gasteiger partial charge on any atom is -0.462 e. The van der Waals surface area contributed by atoms with E-state index in [1.807, 2.05) is 0 Å². The van der Waals surface area contributed by atoms with Crippen LogP contribution in [0.25, 0.3) is 0 Å². The van der Waals surface area contributed by atoms with Gasteiger partial charge in [0.2, 0.25) is 5.91 Å². The van der Waals surface area contributed by atoms with Crippen molar-refractivity contribution in [3.05, 3.63) is 64.7 Å². The normalized spacial score (nSPS) is 11.0. The van der Waals surface area contributed by atoms with Gasteiger partial charge >= 0.3 is 5.97 Å². The molecule has 1 amide bonds. The van der Waals surface area contributed by atoms with Gasteiger partial charge in [0.15, 0.2) is 9.84 Å². The number of hydrogen-bond acceptors (Lipinski definition) is 5. The number of sulfone groups is 1. The van der Waals surface area contributed by atoms with Crippen molar-refractivity contribution in [2.24, 2.45) is 0 Å². The summed E-state index contributed by atoms with van der Waals surface area (Å²) in [7, 11) is -3.71. The van der Waals surface area contributed by atoms with E-state index in [4.69, 9.17) is 16.3 Å². The van der Waals surface area contributed by atoms with E-state index in [9.17, 15) is 18.0 Å². The van der Waals surface area contributed by atoms with Crippen LogP contribution >= 0.6 is 11.6 Å². The second-order valence-corrected chi connectivity index (χ2v) is 8.01. The van der Waals surface area contributed by atoms with Crippen LogP contribution in [0.1, 0.15) is 22.8 Å². The largest absolute Gasteiger partial charge is 0.462 e. The van der Waals surface area contributed by atoms with Gasteiger partial charge < -0.3 is 10.1 Å². The topological polar surface area (TPSA) is 89.5 Å². The molecule has 1 N–H and O–H groups in total. The van der Waals surface area contributed by atoms with Gasteiger partial charge in [-0.05, 0) is 48.9 Å². The van der Waals surface area contributed by atoms with Gasteiger partial charge in [-0.3, -0.25) is 4.79 Å². The summed E-state index contributed by atoms with van der Waals surface area (Å²) in [4.78, 5) is 23.7. The van der Waals surface area contributed by atoms with Crippen molar-refractivity contribution in [1.29, 1.82) is 0 Å². The van der Waals surface area contributed by atoms with E-state index in [1.165, 1.54) is 6.07 Å². The molecule has 0 bridgehead atoms. The number of rotatable bonds is 7. The first-order valence-corrected chi connectivity index (χ1v) is 10.0. The molecule has 0 unspecified atom stereocenters. The van der Waals surface area contributed by atoms with Crippen LogP contribution in [-0.4, -0.2) is 32.7 Å². The van der Waals surface area contributed by atoms with Crippen molar-refractivity contribution in [3.63, 3.8) is 0 Å². The van der Waals surface area contributed by atoms with Crippen LogP contribution in [0.4, 0.5) is 5.69 Å². The second kappa shape index (κ2) is 8.82. The Balaban J connectivity index is 2.01. The summed E-state index contributed by atoms with van der Waals surface area (Å²) in [6.45, 7) is 1.91. The highest BCUT2D eigenvalue weighted by Gasteiger charge is 2.18. The molecule has 0 fully saturated rings. The predicted octanol–water partition coefficient (Wildman–Crippen LogP) is 3.07. The molecule has 0 aliphatic carbocycles. The lowest BCUT2D eigenvalue weighted by Gasteiger charge is -2.08. The minimum atomic E-state index is -3.71. The molecule has 0 atom stereocenters. The molecular formula is C18H18ClNO5S. The number of esters is 1. The van der Waals surface area contributed by atoms with Gasteiger partial charge in [0, 0.05) is 10.7 Å². The Hall–Kier alpha value is -2.38. The van der Waals surface area contributed by atoms with E-state index in [-0.39, 0.29) is 17.9 Å². The number of benzene rings is 2. The van der Waals surface area contributed by atoms with E-state index in [1.54, 1.807) is 49.4 Å². The number of nitrogens with one attached hydrogen (secondary N) is 1. The molecule has 8 heteroatoms. The van der Waals surface area contributed by atoms with Crippen LogP contribution in [0.15, 0.2) is 48.5 Å². The van der Waals surface area contributed by atoms with Gasteiger partial charge in [-0.25, -0.2) is 13.2 Å². The molecule has 0 radical (unpaired) electrons. The molecule has 0 spiro atoms. The Morgan fingerprint density at radius 2 is 1.81 bits per heavy atom. The summed E-state index contributed by atoms with van der Waals surface area (Å²) >= 11 is 5.76. The average Bonchev–Trinajstić information content (AvgIpc) is 2.56. The van der Waals surface area contributed by atoms with Crippen molar-refractivity contribution in [2.75, 3.05) is 17.7 Å². The zero-order chi connectivity index (χ0) is 19.2. The maximum absolute atomic E-state index is 12.3. The fourth-order valence-corrected chi connectivity index (χ4v) is 3.62. The fourth-order valence-electron chi connectivity index (χ4n) is 2.24. The molecule has 0 saturated heterocycles. The van der Waals surface area contributed by atoms with Gasteiger partial charge in [-0.1, -0.05) is 23.7 Å². The summed E-state index contributed by atoms with van der Waals surface area (Å²) in [5.41, 5.74) is 1.14. The van der Waals surface area contributed by atoms with Gasteiger partial charge in [-0.15, -0.1) is 0 Å². The van der Waals surface area contributed by atoms with Gasteiger partial charge in [0.1, 0.15) is 5.75 Å². The molecule has 2 aromatic rings. The number of carbonyl (C=O) groups excluding carboxylic acids is 2. The Morgan fingerprint density at radius 1 is 1.12 bits per heavy atom. The molecular weight excluding hydrogens is 378 g/mol. The summed E-state index contributed by atoms with van der Waals surface area (Å²) < 4.78 is 29.4. The van der Waals surface area contributed by atoms with Crippen molar-refractivity contribution in [2.45, 2.75) is 12.7 Å². The lowest BCUT2D eigenvalue weighted by molar-refractivity contribution is -0.113. The molecule has 26 heavy (non-hydrogen) atoms. The van der Waals surface area contributed by atoms with Crippen molar-refractivity contribution < 1.29 is 22.7 Å². The quantitative estimate of drug-likeness (QED) is 0.727. The number of halogens is 1. The Labute approximate surface area is 157 Å². The average molecular weight is 396 g/mol. The molecule has 0 aliphatic rings. The molecule has 0 saturated carbocycles. The SMILES string of the molecule is CCOC(=O)c1cccc(CS(=O)(=O)CC(=O)Nc2ccc(Cl)cc2)c1. The first-order chi connectivity index (χ1) is 12.3. The molecule has 0 aromatic heterocycles. The predicted molar refractivity (Wildman–Crippen MR) is 100.0 cm³/mol. The highest BCUT2D eigenvalue weighted by Crippen LogP contribution is 2.14. The summed E-state index contributed by atoms with van der Waals surface area (Å²) in [5.74, 6) is -2.19. The van der Waals surface area contributed by atoms with Crippen molar-refractivity contribution >= 4 is 39.0 Å². The Morgan fingerprint density at radius 3 is 2.46 bits per heavy atom. The highest BCUT2D eigenvalue weighted by molar-refractivity contribution is 7.91. The van der Waals surface area contributed by atoms with E-state index in [0.717, 1.165) is 0 Å². The molecule has 138 valence electrons. The van der Waals surface area contributed by atoms with Crippen LogP contribution in [0, 0.1) is 0 Å². The van der Waals surface area contributed by atoms with Gasteiger partial charge in [0.05, 0.1) is 17.9 Å². The highest BCUT2D eigenvalue weighted by atomic mass is 35.5. The summed E-state index contributed by atoms with van der Waals surface area (Å²) in [6, 6.07) is 12.5. The standard InChI is InChI=1S/C18H18ClNO5S/c1-2-25-18(22)14-5-3-4-13(10-14)11-26(23,24)12-17(21)20-16-8-6-15(19)7-9-16/h3-10H,2,11-12H2,1H3,(H,20,21). The Bertz CT molecular complexity index is 894.